The van der Waals surface area contributed by atoms with Crippen LogP contribution in [-0.2, 0) is 0 Å². The van der Waals surface area contributed by atoms with Crippen LogP contribution in [0.25, 0.3) is 0 Å². The van der Waals surface area contributed by atoms with E-state index < -0.39 is 0 Å². The van der Waals surface area contributed by atoms with Gasteiger partial charge in [0.1, 0.15) is 5.69 Å². The van der Waals surface area contributed by atoms with Gasteiger partial charge in [0.2, 0.25) is 0 Å². The Morgan fingerprint density at radius 2 is 2.62 bits per heavy atom. The molecule has 1 aromatic rings. The summed E-state index contributed by atoms with van der Waals surface area (Å²) in [6.45, 7) is 0. The maximum atomic E-state index is 3.95. The largest absolute Gasteiger partial charge is 0.236 e. The molecule has 0 radical (unpaired) electrons. The van der Waals surface area contributed by atoms with Gasteiger partial charge in [0.25, 0.3) is 0 Å². The van der Waals surface area contributed by atoms with Gasteiger partial charge in [-0.25, -0.2) is 4.98 Å². The van der Waals surface area contributed by atoms with Crippen LogP contribution in [0.3, 0.4) is 0 Å². The zero-order chi connectivity index (χ0) is 5.82. The summed E-state index contributed by atoms with van der Waals surface area (Å²) in [6.07, 6.45) is 0. The van der Waals surface area contributed by atoms with Crippen LogP contribution in [0.4, 0.5) is 0 Å². The molecule has 0 saturated heterocycles. The predicted octanol–water partition coefficient (Wildman–Crippen LogP) is 1.89. The highest BCUT2D eigenvalue weighted by Gasteiger charge is 1.82. The summed E-state index contributed by atoms with van der Waals surface area (Å²) in [5.41, 5.74) is 2.64. The smallest absolute Gasteiger partial charge is 0.124 e. The van der Waals surface area contributed by atoms with Gasteiger partial charge in [-0.15, -0.1) is 11.3 Å². The fourth-order valence-corrected chi connectivity index (χ4v) is 1.08. The number of aromatic nitrogens is 1. The minimum absolute atomic E-state index is 0.865. The number of nitrogens with zero attached hydrogens (tertiary/aromatic N) is 1. The van der Waals surface area contributed by atoms with Gasteiger partial charge in [-0.3, -0.25) is 0 Å². The summed E-state index contributed by atoms with van der Waals surface area (Å²) in [7, 11) is 0. The molecule has 0 unspecified atom stereocenters. The van der Waals surface area contributed by atoms with Gasteiger partial charge < -0.3 is 0 Å². The summed E-state index contributed by atoms with van der Waals surface area (Å²) in [5, 5.41) is 1.92. The molecule has 8 heavy (non-hydrogen) atoms. The van der Waals surface area contributed by atoms with Crippen molar-refractivity contribution in [1.82, 2.24) is 4.98 Å². The van der Waals surface area contributed by atoms with Crippen LogP contribution in [-0.4, -0.2) is 4.98 Å². The number of hydrogen-bond donors (Lipinski definition) is 0. The summed E-state index contributed by atoms with van der Waals surface area (Å²) in [5.74, 6) is 2.82. The molecule has 3 heteroatoms. The molecule has 0 aromatic carbocycles. The van der Waals surface area contributed by atoms with Gasteiger partial charge in [-0.2, -0.15) is 0 Å². The molecule has 0 aliphatic heterocycles. The number of rotatable bonds is 0. The van der Waals surface area contributed by atoms with E-state index in [2.05, 4.69) is 14.8 Å². The van der Waals surface area contributed by atoms with Crippen LogP contribution < -0.4 is 0 Å². The molecule has 1 rings (SSSR count). The maximum Gasteiger partial charge on any atom is 0.124 e. The molecule has 1 aromatic heterocycles. The molecule has 0 bridgehead atoms. The highest BCUT2D eigenvalue weighted by molar-refractivity contribution is 14.1. The molecule has 0 fully saturated rings. The molecule has 0 spiro atoms. The lowest BCUT2D eigenvalue weighted by molar-refractivity contribution is 1.38. The van der Waals surface area contributed by atoms with Crippen LogP contribution in [0.5, 0.6) is 0 Å². The molecule has 0 saturated carbocycles. The monoisotopic (exact) mass is 235 g/mol. The van der Waals surface area contributed by atoms with Crippen molar-refractivity contribution in [1.29, 1.82) is 0 Å². The van der Waals surface area contributed by atoms with Gasteiger partial charge >= 0.3 is 0 Å². The van der Waals surface area contributed by atoms with Crippen molar-refractivity contribution in [2.24, 2.45) is 0 Å². The minimum atomic E-state index is 0.865. The van der Waals surface area contributed by atoms with Gasteiger partial charge in [-0.05, 0) is 9.85 Å². The van der Waals surface area contributed by atoms with Crippen molar-refractivity contribution >= 4 is 33.9 Å². The standard InChI is InChI=1S/C5H2INS/c6-2-1-5-3-8-4-7-5/h3-4H. The first kappa shape index (κ1) is 6.05. The Balaban J connectivity index is 2.88. The predicted molar refractivity (Wildman–Crippen MR) is 43.0 cm³/mol. The van der Waals surface area contributed by atoms with Crippen LogP contribution in [0, 0.1) is 9.85 Å². The van der Waals surface area contributed by atoms with Gasteiger partial charge in [-0.1, -0.05) is 0 Å². The van der Waals surface area contributed by atoms with E-state index in [9.17, 15) is 0 Å². The van der Waals surface area contributed by atoms with Crippen molar-refractivity contribution in [3.8, 4) is 9.85 Å². The van der Waals surface area contributed by atoms with E-state index >= 15 is 0 Å². The Bertz CT molecular complexity index is 206. The molecule has 0 N–H and O–H groups in total. The van der Waals surface area contributed by atoms with Crippen molar-refractivity contribution < 1.29 is 0 Å². The molecule has 40 valence electrons. The first-order valence-corrected chi connectivity index (χ1v) is 3.95. The van der Waals surface area contributed by atoms with Gasteiger partial charge in [0.15, 0.2) is 0 Å². The fraction of sp³-hybridized carbons (Fsp3) is 0. The third-order valence-corrected chi connectivity index (χ3v) is 1.46. The lowest BCUT2D eigenvalue weighted by Crippen LogP contribution is -1.65. The molecular weight excluding hydrogens is 233 g/mol. The molecule has 1 nitrogen and oxygen atoms in total. The van der Waals surface area contributed by atoms with E-state index in [1.165, 1.54) is 0 Å². The number of thiazole rings is 1. The van der Waals surface area contributed by atoms with Crippen molar-refractivity contribution in [3.63, 3.8) is 0 Å². The van der Waals surface area contributed by atoms with Crippen molar-refractivity contribution in [3.05, 3.63) is 16.6 Å². The summed E-state index contributed by atoms with van der Waals surface area (Å²) < 4.78 is 2.73. The number of halogens is 1. The Morgan fingerprint density at radius 3 is 3.12 bits per heavy atom. The van der Waals surface area contributed by atoms with Crippen LogP contribution in [0.1, 0.15) is 5.69 Å². The third-order valence-electron chi connectivity index (χ3n) is 0.608. The Kier molecular flexibility index (Phi) is 2.30. The second kappa shape index (κ2) is 3.05. The van der Waals surface area contributed by atoms with Crippen LogP contribution in [0.2, 0.25) is 0 Å². The van der Waals surface area contributed by atoms with Crippen molar-refractivity contribution in [2.45, 2.75) is 0 Å². The zero-order valence-electron chi connectivity index (χ0n) is 3.89. The highest BCUT2D eigenvalue weighted by Crippen LogP contribution is 1.97. The normalized spacial score (nSPS) is 7.62. The zero-order valence-corrected chi connectivity index (χ0v) is 6.86. The summed E-state index contributed by atoms with van der Waals surface area (Å²) in [6, 6.07) is 0. The van der Waals surface area contributed by atoms with E-state index in [1.54, 1.807) is 16.8 Å². The SMILES string of the molecule is IC#Cc1cscn1. The quantitative estimate of drug-likeness (QED) is 0.494. The van der Waals surface area contributed by atoms with E-state index in [-0.39, 0.29) is 0 Å². The third kappa shape index (κ3) is 1.46. The second-order valence-corrected chi connectivity index (χ2v) is 2.35. The first-order valence-electron chi connectivity index (χ1n) is 1.93. The highest BCUT2D eigenvalue weighted by atomic mass is 127. The molecule has 0 aliphatic carbocycles. The van der Waals surface area contributed by atoms with E-state index in [0.717, 1.165) is 5.69 Å². The average molecular weight is 235 g/mol. The van der Waals surface area contributed by atoms with E-state index in [4.69, 9.17) is 0 Å². The lowest BCUT2D eigenvalue weighted by atomic mass is 10.5. The molecule has 0 aliphatic rings. The first-order chi connectivity index (χ1) is 3.93. The fourth-order valence-electron chi connectivity index (χ4n) is 0.323. The van der Waals surface area contributed by atoms with Gasteiger partial charge in [0, 0.05) is 28.0 Å². The second-order valence-electron chi connectivity index (χ2n) is 1.09. The molecule has 0 atom stereocenters. The van der Waals surface area contributed by atoms with Crippen LogP contribution >= 0.6 is 33.9 Å². The molecule has 0 amide bonds. The van der Waals surface area contributed by atoms with Crippen LogP contribution in [0.15, 0.2) is 10.9 Å². The molecule has 1 heterocycles. The average Bonchev–Trinajstić information content (AvgIpc) is 2.19. The summed E-state index contributed by atoms with van der Waals surface area (Å²) in [4.78, 5) is 3.95. The van der Waals surface area contributed by atoms with E-state index in [0.29, 0.717) is 0 Å². The minimum Gasteiger partial charge on any atom is -0.236 e. The molecular formula is C5H2INS. The topological polar surface area (TPSA) is 12.9 Å². The Hall–Kier alpha value is -0.0800. The maximum absolute atomic E-state index is 3.95. The lowest BCUT2D eigenvalue weighted by Gasteiger charge is -1.67. The summed E-state index contributed by atoms with van der Waals surface area (Å²) >= 11 is 3.55. The Labute approximate surface area is 65.3 Å². The van der Waals surface area contributed by atoms with Crippen molar-refractivity contribution in [2.75, 3.05) is 0 Å². The Morgan fingerprint density at radius 1 is 1.75 bits per heavy atom. The van der Waals surface area contributed by atoms with Gasteiger partial charge in [0.05, 0.1) is 5.51 Å². The number of hydrogen-bond acceptors (Lipinski definition) is 2. The van der Waals surface area contributed by atoms with E-state index in [1.807, 2.05) is 28.0 Å².